The van der Waals surface area contributed by atoms with Gasteiger partial charge in [-0.25, -0.2) is 0 Å². The summed E-state index contributed by atoms with van der Waals surface area (Å²) in [6.45, 7) is 5.90. The van der Waals surface area contributed by atoms with Crippen molar-refractivity contribution < 1.29 is 9.84 Å². The van der Waals surface area contributed by atoms with Crippen LogP contribution in [0.3, 0.4) is 0 Å². The fraction of sp³-hybridized carbons (Fsp3) is 1.00. The third-order valence-corrected chi connectivity index (χ3v) is 4.28. The van der Waals surface area contributed by atoms with Crippen molar-refractivity contribution >= 4 is 0 Å². The van der Waals surface area contributed by atoms with Gasteiger partial charge < -0.3 is 19.6 Å². The molecule has 4 nitrogen and oxygen atoms in total. The topological polar surface area (TPSA) is 35.9 Å². The lowest BCUT2D eigenvalue weighted by Crippen LogP contribution is -2.42. The van der Waals surface area contributed by atoms with E-state index in [1.807, 2.05) is 0 Å². The molecule has 0 saturated carbocycles. The highest BCUT2D eigenvalue weighted by Gasteiger charge is 2.27. The maximum Gasteiger partial charge on any atom is 0.0718 e. The number of hydrogen-bond acceptors (Lipinski definition) is 4. The Morgan fingerprint density at radius 3 is 2.56 bits per heavy atom. The van der Waals surface area contributed by atoms with Crippen LogP contribution in [0.25, 0.3) is 0 Å². The summed E-state index contributed by atoms with van der Waals surface area (Å²) >= 11 is 0. The van der Waals surface area contributed by atoms with Crippen molar-refractivity contribution in [3.05, 3.63) is 0 Å². The van der Waals surface area contributed by atoms with E-state index in [2.05, 4.69) is 23.9 Å². The lowest BCUT2D eigenvalue weighted by atomic mass is 9.95. The van der Waals surface area contributed by atoms with Crippen LogP contribution in [0, 0.1) is 11.8 Å². The average Bonchev–Trinajstić information content (AvgIpc) is 2.84. The molecular weight excluding hydrogens is 228 g/mol. The zero-order chi connectivity index (χ0) is 13.0. The molecule has 2 atom stereocenters. The SMILES string of the molecule is CN(C)CC1CCN(CC(O)C2CCOC2)CC1. The minimum absolute atomic E-state index is 0.196. The van der Waals surface area contributed by atoms with Gasteiger partial charge in [-0.05, 0) is 52.4 Å². The van der Waals surface area contributed by atoms with E-state index in [4.69, 9.17) is 4.74 Å². The first-order valence-electron chi connectivity index (χ1n) is 7.28. The van der Waals surface area contributed by atoms with Crippen LogP contribution >= 0.6 is 0 Å². The van der Waals surface area contributed by atoms with Gasteiger partial charge in [-0.15, -0.1) is 0 Å². The van der Waals surface area contributed by atoms with Crippen molar-refractivity contribution in [1.82, 2.24) is 9.80 Å². The number of β-amino-alcohol motifs (C(OH)–C–C–N with tert-alkyl or cyclic N) is 1. The molecule has 0 aromatic carbocycles. The summed E-state index contributed by atoms with van der Waals surface area (Å²) in [4.78, 5) is 4.71. The van der Waals surface area contributed by atoms with E-state index in [9.17, 15) is 5.11 Å². The monoisotopic (exact) mass is 256 g/mol. The van der Waals surface area contributed by atoms with Crippen LogP contribution in [-0.2, 0) is 4.74 Å². The van der Waals surface area contributed by atoms with Gasteiger partial charge >= 0.3 is 0 Å². The molecule has 0 radical (unpaired) electrons. The summed E-state index contributed by atoms with van der Waals surface area (Å²) < 4.78 is 5.34. The van der Waals surface area contributed by atoms with Crippen LogP contribution in [0.15, 0.2) is 0 Å². The minimum atomic E-state index is -0.196. The number of aliphatic hydroxyl groups is 1. The highest BCUT2D eigenvalue weighted by atomic mass is 16.5. The van der Waals surface area contributed by atoms with Crippen LogP contribution in [0.5, 0.6) is 0 Å². The molecule has 4 heteroatoms. The molecule has 18 heavy (non-hydrogen) atoms. The van der Waals surface area contributed by atoms with E-state index in [-0.39, 0.29) is 6.10 Å². The van der Waals surface area contributed by atoms with Crippen molar-refractivity contribution in [2.45, 2.75) is 25.4 Å². The van der Waals surface area contributed by atoms with Crippen LogP contribution < -0.4 is 0 Å². The van der Waals surface area contributed by atoms with Crippen molar-refractivity contribution in [1.29, 1.82) is 0 Å². The van der Waals surface area contributed by atoms with Crippen LogP contribution in [-0.4, -0.2) is 74.5 Å². The molecule has 2 aliphatic heterocycles. The number of hydrogen-bond donors (Lipinski definition) is 1. The maximum absolute atomic E-state index is 10.2. The summed E-state index contributed by atoms with van der Waals surface area (Å²) in [6, 6.07) is 0. The van der Waals surface area contributed by atoms with Gasteiger partial charge in [0.2, 0.25) is 0 Å². The summed E-state index contributed by atoms with van der Waals surface area (Å²) in [7, 11) is 4.30. The van der Waals surface area contributed by atoms with Gasteiger partial charge in [0, 0.05) is 25.6 Å². The Labute approximate surface area is 111 Å². The Morgan fingerprint density at radius 2 is 2.00 bits per heavy atom. The molecule has 2 saturated heterocycles. The number of ether oxygens (including phenoxy) is 1. The standard InChI is InChI=1S/C14H28N2O2/c1-15(2)9-12-3-6-16(7-4-12)10-14(17)13-5-8-18-11-13/h12-14,17H,3-11H2,1-2H3. The zero-order valence-corrected chi connectivity index (χ0v) is 11.8. The lowest BCUT2D eigenvalue weighted by molar-refractivity contribution is 0.0423. The Balaban J connectivity index is 1.66. The Bertz CT molecular complexity index is 234. The van der Waals surface area contributed by atoms with Gasteiger partial charge in [0.05, 0.1) is 12.7 Å². The van der Waals surface area contributed by atoms with Crippen LogP contribution in [0.1, 0.15) is 19.3 Å². The van der Waals surface area contributed by atoms with Crippen LogP contribution in [0.4, 0.5) is 0 Å². The second kappa shape index (κ2) is 6.85. The molecule has 0 aliphatic carbocycles. The smallest absolute Gasteiger partial charge is 0.0718 e. The summed E-state index contributed by atoms with van der Waals surface area (Å²) in [5.74, 6) is 1.20. The van der Waals surface area contributed by atoms with Crippen molar-refractivity contribution in [2.75, 3.05) is 53.5 Å². The predicted octanol–water partition coefficient (Wildman–Crippen LogP) is 0.657. The summed E-state index contributed by atoms with van der Waals surface area (Å²) in [5.41, 5.74) is 0. The summed E-state index contributed by atoms with van der Waals surface area (Å²) in [6.07, 6.45) is 3.37. The van der Waals surface area contributed by atoms with E-state index in [0.29, 0.717) is 5.92 Å². The van der Waals surface area contributed by atoms with E-state index < -0.39 is 0 Å². The first-order valence-corrected chi connectivity index (χ1v) is 7.28. The van der Waals surface area contributed by atoms with Crippen molar-refractivity contribution in [3.8, 4) is 0 Å². The first kappa shape index (κ1) is 14.3. The van der Waals surface area contributed by atoms with Crippen molar-refractivity contribution in [2.24, 2.45) is 11.8 Å². The maximum atomic E-state index is 10.2. The summed E-state index contributed by atoms with van der Waals surface area (Å²) in [5, 5.41) is 10.2. The third-order valence-electron chi connectivity index (χ3n) is 4.28. The molecule has 2 fully saturated rings. The molecular formula is C14H28N2O2. The normalized spacial score (nSPS) is 29.0. The Hall–Kier alpha value is -0.160. The van der Waals surface area contributed by atoms with Gasteiger partial charge in [-0.2, -0.15) is 0 Å². The predicted molar refractivity (Wildman–Crippen MR) is 72.7 cm³/mol. The van der Waals surface area contributed by atoms with Crippen LogP contribution in [0.2, 0.25) is 0 Å². The number of nitrogens with zero attached hydrogens (tertiary/aromatic N) is 2. The molecule has 0 aromatic heterocycles. The third kappa shape index (κ3) is 4.19. The van der Waals surface area contributed by atoms with Gasteiger partial charge in [0.25, 0.3) is 0 Å². The highest BCUT2D eigenvalue weighted by molar-refractivity contribution is 4.79. The fourth-order valence-corrected chi connectivity index (χ4v) is 3.14. The quantitative estimate of drug-likeness (QED) is 0.784. The average molecular weight is 256 g/mol. The van der Waals surface area contributed by atoms with Gasteiger partial charge in [-0.1, -0.05) is 0 Å². The number of piperidine rings is 1. The largest absolute Gasteiger partial charge is 0.391 e. The molecule has 0 spiro atoms. The second-order valence-electron chi connectivity index (χ2n) is 6.20. The van der Waals surface area contributed by atoms with E-state index in [0.717, 1.165) is 45.2 Å². The van der Waals surface area contributed by atoms with Crippen molar-refractivity contribution in [3.63, 3.8) is 0 Å². The molecule has 1 N–H and O–H groups in total. The Morgan fingerprint density at radius 1 is 1.28 bits per heavy atom. The van der Waals surface area contributed by atoms with E-state index in [1.165, 1.54) is 19.4 Å². The second-order valence-corrected chi connectivity index (χ2v) is 6.20. The zero-order valence-electron chi connectivity index (χ0n) is 11.8. The van der Waals surface area contributed by atoms with E-state index >= 15 is 0 Å². The molecule has 2 unspecified atom stereocenters. The molecule has 0 amide bonds. The minimum Gasteiger partial charge on any atom is -0.391 e. The highest BCUT2D eigenvalue weighted by Crippen LogP contribution is 2.21. The molecule has 2 rings (SSSR count). The molecule has 0 aromatic rings. The number of aliphatic hydroxyl groups excluding tert-OH is 1. The lowest BCUT2D eigenvalue weighted by Gasteiger charge is -2.35. The van der Waals surface area contributed by atoms with Gasteiger partial charge in [0.1, 0.15) is 0 Å². The van der Waals surface area contributed by atoms with Gasteiger partial charge in [0.15, 0.2) is 0 Å². The van der Waals surface area contributed by atoms with Gasteiger partial charge in [-0.3, -0.25) is 0 Å². The molecule has 0 bridgehead atoms. The Kier molecular flexibility index (Phi) is 5.42. The molecule has 2 aliphatic rings. The van der Waals surface area contributed by atoms with E-state index in [1.54, 1.807) is 0 Å². The first-order chi connectivity index (χ1) is 8.65. The molecule has 2 heterocycles. The fourth-order valence-electron chi connectivity index (χ4n) is 3.14. The number of likely N-dealkylation sites (tertiary alicyclic amines) is 1. The number of rotatable bonds is 5. The molecule has 106 valence electrons.